The second kappa shape index (κ2) is 3.28. The molecule has 0 saturated carbocycles. The Bertz CT molecular complexity index is 230. The molecule has 1 aliphatic rings. The lowest BCUT2D eigenvalue weighted by Crippen LogP contribution is -2.46. The fourth-order valence-electron chi connectivity index (χ4n) is 1.16. The van der Waals surface area contributed by atoms with Crippen molar-refractivity contribution < 1.29 is 19.7 Å². The molecule has 1 heterocycles. The van der Waals surface area contributed by atoms with Crippen LogP contribution in [0.2, 0.25) is 0 Å². The SMILES string of the molecule is C#C[C@](O)(CO)[C@H]1COC(C)(C)O1. The van der Waals surface area contributed by atoms with Crippen LogP contribution in [-0.4, -0.2) is 40.9 Å². The van der Waals surface area contributed by atoms with Crippen LogP contribution in [0.1, 0.15) is 13.8 Å². The van der Waals surface area contributed by atoms with Crippen molar-refractivity contribution in [3.05, 3.63) is 0 Å². The normalized spacial score (nSPS) is 30.8. The van der Waals surface area contributed by atoms with Gasteiger partial charge in [0.05, 0.1) is 13.2 Å². The highest BCUT2D eigenvalue weighted by molar-refractivity contribution is 5.12. The fraction of sp³-hybridized carbons (Fsp3) is 0.778. The Morgan fingerprint density at radius 3 is 2.62 bits per heavy atom. The third kappa shape index (κ3) is 2.01. The molecule has 1 aliphatic heterocycles. The van der Waals surface area contributed by atoms with Crippen molar-refractivity contribution in [2.75, 3.05) is 13.2 Å². The molecule has 13 heavy (non-hydrogen) atoms. The molecule has 0 aromatic carbocycles. The molecule has 0 aromatic rings. The molecular weight excluding hydrogens is 172 g/mol. The largest absolute Gasteiger partial charge is 0.392 e. The van der Waals surface area contributed by atoms with Crippen molar-refractivity contribution in [2.45, 2.75) is 31.3 Å². The number of rotatable bonds is 2. The van der Waals surface area contributed by atoms with Gasteiger partial charge in [-0.15, -0.1) is 6.42 Å². The lowest BCUT2D eigenvalue weighted by molar-refractivity contribution is -0.164. The predicted molar refractivity (Wildman–Crippen MR) is 45.8 cm³/mol. The Labute approximate surface area is 77.5 Å². The van der Waals surface area contributed by atoms with Crippen molar-refractivity contribution in [1.29, 1.82) is 0 Å². The van der Waals surface area contributed by atoms with Gasteiger partial charge in [-0.05, 0) is 13.8 Å². The van der Waals surface area contributed by atoms with E-state index in [-0.39, 0.29) is 6.61 Å². The zero-order valence-corrected chi connectivity index (χ0v) is 7.78. The molecule has 0 aliphatic carbocycles. The van der Waals surface area contributed by atoms with E-state index in [9.17, 15) is 5.11 Å². The summed E-state index contributed by atoms with van der Waals surface area (Å²) in [7, 11) is 0. The van der Waals surface area contributed by atoms with Gasteiger partial charge in [-0.25, -0.2) is 0 Å². The maximum atomic E-state index is 9.67. The molecule has 74 valence electrons. The average molecular weight is 186 g/mol. The van der Waals surface area contributed by atoms with Crippen molar-refractivity contribution in [1.82, 2.24) is 0 Å². The molecule has 2 atom stereocenters. The van der Waals surface area contributed by atoms with Gasteiger partial charge in [0.2, 0.25) is 0 Å². The van der Waals surface area contributed by atoms with Gasteiger partial charge in [0, 0.05) is 0 Å². The first-order valence-corrected chi connectivity index (χ1v) is 4.06. The number of hydrogen-bond acceptors (Lipinski definition) is 4. The Morgan fingerprint density at radius 2 is 2.31 bits per heavy atom. The summed E-state index contributed by atoms with van der Waals surface area (Å²) >= 11 is 0. The molecule has 0 radical (unpaired) electrons. The second-order valence-corrected chi connectivity index (χ2v) is 3.54. The minimum absolute atomic E-state index is 0.189. The van der Waals surface area contributed by atoms with E-state index in [1.54, 1.807) is 13.8 Å². The minimum Gasteiger partial charge on any atom is -0.392 e. The summed E-state index contributed by atoms with van der Waals surface area (Å²) in [6, 6.07) is 0. The molecular formula is C9H14O4. The van der Waals surface area contributed by atoms with Crippen LogP contribution in [0.15, 0.2) is 0 Å². The Hall–Kier alpha value is -0.600. The van der Waals surface area contributed by atoms with E-state index in [1.807, 2.05) is 0 Å². The van der Waals surface area contributed by atoms with Crippen molar-refractivity contribution >= 4 is 0 Å². The van der Waals surface area contributed by atoms with Crippen LogP contribution < -0.4 is 0 Å². The molecule has 0 bridgehead atoms. The Morgan fingerprint density at radius 1 is 1.69 bits per heavy atom. The van der Waals surface area contributed by atoms with Gasteiger partial charge in [-0.1, -0.05) is 5.92 Å². The van der Waals surface area contributed by atoms with Gasteiger partial charge < -0.3 is 19.7 Å². The maximum absolute atomic E-state index is 9.67. The van der Waals surface area contributed by atoms with Crippen LogP contribution >= 0.6 is 0 Å². The standard InChI is InChI=1S/C9H14O4/c1-4-9(11,6-10)7-5-12-8(2,3)13-7/h1,7,10-11H,5-6H2,2-3H3/t7-,9+/m1/s1. The highest BCUT2D eigenvalue weighted by Crippen LogP contribution is 2.28. The molecule has 0 amide bonds. The molecule has 0 spiro atoms. The summed E-state index contributed by atoms with van der Waals surface area (Å²) in [5.74, 6) is 1.36. The lowest BCUT2D eigenvalue weighted by Gasteiger charge is -2.26. The van der Waals surface area contributed by atoms with E-state index in [1.165, 1.54) is 0 Å². The van der Waals surface area contributed by atoms with Gasteiger partial charge in [-0.3, -0.25) is 0 Å². The van der Waals surface area contributed by atoms with E-state index < -0.39 is 24.1 Å². The zero-order valence-electron chi connectivity index (χ0n) is 7.78. The molecule has 1 saturated heterocycles. The van der Waals surface area contributed by atoms with Crippen LogP contribution in [0.4, 0.5) is 0 Å². The first-order valence-electron chi connectivity index (χ1n) is 4.06. The summed E-state index contributed by atoms with van der Waals surface area (Å²) in [4.78, 5) is 0. The van der Waals surface area contributed by atoms with Crippen LogP contribution in [0.25, 0.3) is 0 Å². The topological polar surface area (TPSA) is 58.9 Å². The van der Waals surface area contributed by atoms with Crippen LogP contribution in [0, 0.1) is 12.3 Å². The molecule has 0 aromatic heterocycles. The van der Waals surface area contributed by atoms with Gasteiger partial charge >= 0.3 is 0 Å². The molecule has 2 N–H and O–H groups in total. The monoisotopic (exact) mass is 186 g/mol. The van der Waals surface area contributed by atoms with E-state index in [2.05, 4.69) is 5.92 Å². The zero-order chi connectivity index (χ0) is 10.1. The van der Waals surface area contributed by atoms with Gasteiger partial charge in [0.1, 0.15) is 6.10 Å². The molecule has 4 nitrogen and oxygen atoms in total. The van der Waals surface area contributed by atoms with E-state index in [0.717, 1.165) is 0 Å². The Kier molecular flexibility index (Phi) is 2.64. The van der Waals surface area contributed by atoms with Crippen LogP contribution in [-0.2, 0) is 9.47 Å². The molecule has 4 heteroatoms. The molecule has 1 rings (SSSR count). The van der Waals surface area contributed by atoms with Crippen molar-refractivity contribution in [3.8, 4) is 12.3 Å². The van der Waals surface area contributed by atoms with E-state index in [4.69, 9.17) is 21.0 Å². The summed E-state index contributed by atoms with van der Waals surface area (Å²) in [5.41, 5.74) is -1.65. The highest BCUT2D eigenvalue weighted by atomic mass is 16.7. The van der Waals surface area contributed by atoms with Crippen LogP contribution in [0.5, 0.6) is 0 Å². The van der Waals surface area contributed by atoms with Gasteiger partial charge in [-0.2, -0.15) is 0 Å². The van der Waals surface area contributed by atoms with E-state index in [0.29, 0.717) is 0 Å². The average Bonchev–Trinajstić information content (AvgIpc) is 2.45. The Balaban J connectivity index is 2.71. The van der Waals surface area contributed by atoms with Gasteiger partial charge in [0.15, 0.2) is 11.4 Å². The highest BCUT2D eigenvalue weighted by Gasteiger charge is 2.44. The number of aliphatic hydroxyl groups excluding tert-OH is 1. The number of aliphatic hydroxyl groups is 2. The summed E-state index contributed by atoms with van der Waals surface area (Å²) in [5, 5.41) is 18.6. The molecule has 0 unspecified atom stereocenters. The third-order valence-corrected chi connectivity index (χ3v) is 2.03. The number of hydrogen-bond donors (Lipinski definition) is 2. The first kappa shape index (κ1) is 10.5. The smallest absolute Gasteiger partial charge is 0.176 e. The number of ether oxygens (including phenoxy) is 2. The van der Waals surface area contributed by atoms with E-state index >= 15 is 0 Å². The third-order valence-electron chi connectivity index (χ3n) is 2.03. The summed E-state index contributed by atoms with van der Waals surface area (Å²) in [6.07, 6.45) is 4.42. The van der Waals surface area contributed by atoms with Gasteiger partial charge in [0.25, 0.3) is 0 Å². The molecule has 1 fully saturated rings. The minimum atomic E-state index is -1.65. The first-order chi connectivity index (χ1) is 5.93. The predicted octanol–water partition coefficient (Wildman–Crippen LogP) is -0.506. The van der Waals surface area contributed by atoms with Crippen LogP contribution in [0.3, 0.4) is 0 Å². The second-order valence-electron chi connectivity index (χ2n) is 3.54. The lowest BCUT2D eigenvalue weighted by atomic mass is 10.00. The quantitative estimate of drug-likeness (QED) is 0.570. The van der Waals surface area contributed by atoms with Crippen molar-refractivity contribution in [2.24, 2.45) is 0 Å². The van der Waals surface area contributed by atoms with Crippen molar-refractivity contribution in [3.63, 3.8) is 0 Å². The summed E-state index contributed by atoms with van der Waals surface area (Å²) < 4.78 is 10.5. The fourth-order valence-corrected chi connectivity index (χ4v) is 1.16. The maximum Gasteiger partial charge on any atom is 0.176 e. The number of terminal acetylenes is 1. The summed E-state index contributed by atoms with van der Waals surface area (Å²) in [6.45, 7) is 3.10.